The molecule has 1 saturated carbocycles. The van der Waals surface area contributed by atoms with Crippen molar-refractivity contribution >= 4 is 27.5 Å². The number of carbonyl (C=O) groups excluding carboxylic acids is 1. The summed E-state index contributed by atoms with van der Waals surface area (Å²) in [5.41, 5.74) is 1.05. The fraction of sp³-hybridized carbons (Fsp3) is 0.545. The zero-order valence-corrected chi connectivity index (χ0v) is 11.4. The van der Waals surface area contributed by atoms with Crippen molar-refractivity contribution in [3.8, 4) is 0 Å². The zero-order chi connectivity index (χ0) is 12.8. The van der Waals surface area contributed by atoms with Crippen LogP contribution in [0.5, 0.6) is 0 Å². The summed E-state index contributed by atoms with van der Waals surface area (Å²) >= 11 is 1.66. The first-order chi connectivity index (χ1) is 8.56. The lowest BCUT2D eigenvalue weighted by molar-refractivity contribution is -0.120. The van der Waals surface area contributed by atoms with E-state index >= 15 is 0 Å². The molecule has 0 aromatic carbocycles. The Balaban J connectivity index is 1.72. The number of amides is 1. The maximum atomic E-state index is 12.1. The molecule has 0 bridgehead atoms. The minimum Gasteiger partial charge on any atom is -0.274 e. The number of nitrogens with zero attached hydrogens (tertiary/aromatic N) is 1. The third kappa shape index (κ3) is 2.30. The lowest BCUT2D eigenvalue weighted by atomic mass is 10.1. The predicted molar refractivity (Wildman–Crippen MR) is 68.2 cm³/mol. The van der Waals surface area contributed by atoms with Crippen molar-refractivity contribution < 1.29 is 13.2 Å². The molecular weight excluding hydrogens is 272 g/mol. The van der Waals surface area contributed by atoms with Gasteiger partial charge in [0.15, 0.2) is 0 Å². The van der Waals surface area contributed by atoms with Gasteiger partial charge in [-0.05, 0) is 36.3 Å². The second-order valence-electron chi connectivity index (χ2n) is 4.70. The molecule has 1 aromatic heterocycles. The van der Waals surface area contributed by atoms with Gasteiger partial charge in [0.05, 0.1) is 0 Å². The van der Waals surface area contributed by atoms with Gasteiger partial charge in [0, 0.05) is 23.9 Å². The highest BCUT2D eigenvalue weighted by atomic mass is 32.2. The van der Waals surface area contributed by atoms with Gasteiger partial charge in [0.25, 0.3) is 0 Å². The van der Waals surface area contributed by atoms with E-state index in [2.05, 4.69) is 4.72 Å². The minimum absolute atomic E-state index is 0.0960. The number of thiophene rings is 1. The Bertz CT molecular complexity index is 575. The van der Waals surface area contributed by atoms with E-state index in [-0.39, 0.29) is 11.8 Å². The summed E-state index contributed by atoms with van der Waals surface area (Å²) in [5.74, 6) is -0.451. The number of fused-ring (bicyclic) bond motifs is 1. The molecule has 18 heavy (non-hydrogen) atoms. The molecule has 0 unspecified atom stereocenters. The molecule has 0 saturated heterocycles. The minimum atomic E-state index is -3.67. The van der Waals surface area contributed by atoms with Crippen molar-refractivity contribution in [1.82, 2.24) is 9.03 Å². The first kappa shape index (κ1) is 12.1. The fourth-order valence-corrected chi connectivity index (χ4v) is 4.13. The van der Waals surface area contributed by atoms with Crippen LogP contribution in [0.4, 0.5) is 0 Å². The van der Waals surface area contributed by atoms with Crippen LogP contribution in [0.2, 0.25) is 0 Å². The highest BCUT2D eigenvalue weighted by Crippen LogP contribution is 2.30. The Morgan fingerprint density at radius 3 is 2.94 bits per heavy atom. The molecule has 1 fully saturated rings. The zero-order valence-electron chi connectivity index (χ0n) is 9.76. The Morgan fingerprint density at radius 2 is 2.22 bits per heavy atom. The van der Waals surface area contributed by atoms with Crippen molar-refractivity contribution in [2.75, 3.05) is 6.54 Å². The summed E-state index contributed by atoms with van der Waals surface area (Å²) in [6, 6.07) is 1.95. The molecule has 98 valence electrons. The van der Waals surface area contributed by atoms with Crippen LogP contribution in [0.1, 0.15) is 23.3 Å². The monoisotopic (exact) mass is 286 g/mol. The molecule has 2 aliphatic rings. The summed E-state index contributed by atoms with van der Waals surface area (Å²) in [5, 5.41) is 1.98. The highest BCUT2D eigenvalue weighted by Gasteiger charge is 2.35. The van der Waals surface area contributed by atoms with E-state index in [1.165, 1.54) is 9.18 Å². The Morgan fingerprint density at radius 1 is 1.44 bits per heavy atom. The molecule has 7 heteroatoms. The van der Waals surface area contributed by atoms with Gasteiger partial charge in [-0.25, -0.2) is 4.72 Å². The van der Waals surface area contributed by atoms with Crippen molar-refractivity contribution in [1.29, 1.82) is 0 Å². The van der Waals surface area contributed by atoms with Crippen LogP contribution >= 0.6 is 11.3 Å². The van der Waals surface area contributed by atoms with Crippen LogP contribution in [0.15, 0.2) is 11.4 Å². The molecule has 1 amide bonds. The molecule has 5 nitrogen and oxygen atoms in total. The van der Waals surface area contributed by atoms with E-state index in [1.54, 1.807) is 11.3 Å². The van der Waals surface area contributed by atoms with E-state index < -0.39 is 10.2 Å². The Hall–Kier alpha value is -0.920. The quantitative estimate of drug-likeness (QED) is 0.897. The first-order valence-electron chi connectivity index (χ1n) is 5.93. The SMILES string of the molecule is O=C(NS(=O)(=O)N1CCc2sccc2C1)C1CC1. The summed E-state index contributed by atoms with van der Waals surface area (Å²) < 4.78 is 27.6. The molecule has 0 atom stereocenters. The predicted octanol–water partition coefficient (Wildman–Crippen LogP) is 0.877. The molecule has 1 aliphatic carbocycles. The maximum absolute atomic E-state index is 12.1. The second-order valence-corrected chi connectivity index (χ2v) is 7.37. The molecule has 0 spiro atoms. The van der Waals surface area contributed by atoms with Crippen molar-refractivity contribution in [3.05, 3.63) is 21.9 Å². The summed E-state index contributed by atoms with van der Waals surface area (Å²) in [7, 11) is -3.67. The standard InChI is InChI=1S/C11H14N2O3S2/c14-11(8-1-2-8)12-18(15,16)13-5-3-10-9(7-13)4-6-17-10/h4,6,8H,1-3,5,7H2,(H,12,14). The van der Waals surface area contributed by atoms with Crippen LogP contribution in [0, 0.1) is 5.92 Å². The molecule has 2 heterocycles. The van der Waals surface area contributed by atoms with Gasteiger partial charge in [0.1, 0.15) is 0 Å². The molecule has 1 aliphatic heterocycles. The van der Waals surface area contributed by atoms with Gasteiger partial charge in [0.2, 0.25) is 5.91 Å². The molecule has 1 aromatic rings. The Kier molecular flexibility index (Phi) is 2.91. The number of nitrogens with one attached hydrogen (secondary N) is 1. The third-order valence-electron chi connectivity index (χ3n) is 3.29. The van der Waals surface area contributed by atoms with Crippen molar-refractivity contribution in [2.45, 2.75) is 25.8 Å². The van der Waals surface area contributed by atoms with Crippen LogP contribution in [-0.2, 0) is 28.0 Å². The molecule has 0 radical (unpaired) electrons. The van der Waals surface area contributed by atoms with Gasteiger partial charge in [-0.3, -0.25) is 4.79 Å². The van der Waals surface area contributed by atoms with Crippen LogP contribution in [0.3, 0.4) is 0 Å². The smallest absolute Gasteiger partial charge is 0.274 e. The average Bonchev–Trinajstić information content (AvgIpc) is 3.06. The normalized spacial score (nSPS) is 20.4. The summed E-state index contributed by atoms with van der Waals surface area (Å²) in [6.45, 7) is 0.812. The van der Waals surface area contributed by atoms with Gasteiger partial charge < -0.3 is 0 Å². The Labute approximate surface area is 110 Å². The fourth-order valence-electron chi connectivity index (χ4n) is 2.05. The number of rotatable bonds is 3. The van der Waals surface area contributed by atoms with Gasteiger partial charge in [-0.2, -0.15) is 12.7 Å². The van der Waals surface area contributed by atoms with Crippen LogP contribution in [-0.4, -0.2) is 25.2 Å². The lowest BCUT2D eigenvalue weighted by Gasteiger charge is -2.26. The topological polar surface area (TPSA) is 66.5 Å². The van der Waals surface area contributed by atoms with E-state index in [0.29, 0.717) is 13.1 Å². The highest BCUT2D eigenvalue weighted by molar-refractivity contribution is 7.87. The number of hydrogen-bond acceptors (Lipinski definition) is 4. The van der Waals surface area contributed by atoms with Crippen LogP contribution < -0.4 is 4.72 Å². The molecule has 1 N–H and O–H groups in total. The molecule has 3 rings (SSSR count). The van der Waals surface area contributed by atoms with Gasteiger partial charge in [-0.1, -0.05) is 0 Å². The van der Waals surface area contributed by atoms with Gasteiger partial charge >= 0.3 is 10.2 Å². The number of carbonyl (C=O) groups is 1. The second kappa shape index (κ2) is 4.32. The third-order valence-corrected chi connectivity index (χ3v) is 5.76. The van der Waals surface area contributed by atoms with Crippen LogP contribution in [0.25, 0.3) is 0 Å². The van der Waals surface area contributed by atoms with Gasteiger partial charge in [-0.15, -0.1) is 11.3 Å². The number of hydrogen-bond donors (Lipinski definition) is 1. The summed E-state index contributed by atoms with van der Waals surface area (Å²) in [6.07, 6.45) is 2.33. The van der Waals surface area contributed by atoms with E-state index in [9.17, 15) is 13.2 Å². The van der Waals surface area contributed by atoms with E-state index in [1.807, 2.05) is 11.4 Å². The summed E-state index contributed by atoms with van der Waals surface area (Å²) in [4.78, 5) is 12.8. The van der Waals surface area contributed by atoms with E-state index in [4.69, 9.17) is 0 Å². The average molecular weight is 286 g/mol. The van der Waals surface area contributed by atoms with E-state index in [0.717, 1.165) is 24.8 Å². The molecular formula is C11H14N2O3S2. The first-order valence-corrected chi connectivity index (χ1v) is 8.25. The lowest BCUT2D eigenvalue weighted by Crippen LogP contribution is -2.45. The maximum Gasteiger partial charge on any atom is 0.304 e. The largest absolute Gasteiger partial charge is 0.304 e. The van der Waals surface area contributed by atoms with Crippen molar-refractivity contribution in [2.24, 2.45) is 5.92 Å². The van der Waals surface area contributed by atoms with Crippen molar-refractivity contribution in [3.63, 3.8) is 0 Å².